The fourth-order valence-electron chi connectivity index (χ4n) is 2.01. The first kappa shape index (κ1) is 19.4. The first-order chi connectivity index (χ1) is 12.5. The Kier molecular flexibility index (Phi) is 7.60. The lowest BCUT2D eigenvalue weighted by Gasteiger charge is -2.10. The number of alkyl halides is 2. The Morgan fingerprint density at radius 2 is 1.77 bits per heavy atom. The Labute approximate surface area is 149 Å². The van der Waals surface area contributed by atoms with Gasteiger partial charge in [-0.3, -0.25) is 0 Å². The third-order valence-corrected chi connectivity index (χ3v) is 3.20. The lowest BCUT2D eigenvalue weighted by Crippen LogP contribution is -2.37. The zero-order chi connectivity index (χ0) is 18.8. The monoisotopic (exact) mass is 368 g/mol. The SMILES string of the molecule is O=C(NCCOc1ccc(F)cc1)NCc1cccc(OCC(F)F)c1. The van der Waals surface area contributed by atoms with Gasteiger partial charge in [-0.25, -0.2) is 18.0 Å². The van der Waals surface area contributed by atoms with Gasteiger partial charge in [-0.05, 0) is 42.0 Å². The van der Waals surface area contributed by atoms with E-state index in [-0.39, 0.29) is 25.5 Å². The summed E-state index contributed by atoms with van der Waals surface area (Å²) in [4.78, 5) is 11.7. The molecule has 2 aromatic rings. The van der Waals surface area contributed by atoms with Gasteiger partial charge in [-0.1, -0.05) is 12.1 Å². The molecule has 140 valence electrons. The molecule has 0 aliphatic rings. The number of hydrogen-bond acceptors (Lipinski definition) is 3. The van der Waals surface area contributed by atoms with Crippen LogP contribution in [0.25, 0.3) is 0 Å². The van der Waals surface area contributed by atoms with Gasteiger partial charge < -0.3 is 20.1 Å². The van der Waals surface area contributed by atoms with Crippen LogP contribution in [0.2, 0.25) is 0 Å². The predicted octanol–water partition coefficient (Wildman–Crippen LogP) is 3.35. The second-order valence-electron chi connectivity index (χ2n) is 5.26. The number of rotatable bonds is 9. The van der Waals surface area contributed by atoms with Crippen molar-refractivity contribution < 1.29 is 27.4 Å². The summed E-state index contributed by atoms with van der Waals surface area (Å²) in [7, 11) is 0. The van der Waals surface area contributed by atoms with Gasteiger partial charge in [0, 0.05) is 6.54 Å². The third kappa shape index (κ3) is 7.33. The summed E-state index contributed by atoms with van der Waals surface area (Å²) in [5.41, 5.74) is 0.717. The lowest BCUT2D eigenvalue weighted by atomic mass is 10.2. The first-order valence-electron chi connectivity index (χ1n) is 7.93. The minimum atomic E-state index is -2.54. The Bertz CT molecular complexity index is 696. The van der Waals surface area contributed by atoms with Crippen LogP contribution in [0, 0.1) is 5.82 Å². The number of carbonyl (C=O) groups is 1. The molecule has 0 heterocycles. The molecule has 0 aliphatic heterocycles. The number of hydrogen-bond donors (Lipinski definition) is 2. The van der Waals surface area contributed by atoms with Crippen LogP contribution in [0.4, 0.5) is 18.0 Å². The number of ether oxygens (including phenoxy) is 2. The highest BCUT2D eigenvalue weighted by molar-refractivity contribution is 5.73. The molecular weight excluding hydrogens is 349 g/mol. The lowest BCUT2D eigenvalue weighted by molar-refractivity contribution is 0.0818. The van der Waals surface area contributed by atoms with Gasteiger partial charge in [-0.2, -0.15) is 0 Å². The van der Waals surface area contributed by atoms with Gasteiger partial charge >= 0.3 is 6.03 Å². The van der Waals surface area contributed by atoms with E-state index in [0.717, 1.165) is 5.56 Å². The van der Waals surface area contributed by atoms with Crippen LogP contribution in [-0.4, -0.2) is 32.2 Å². The highest BCUT2D eigenvalue weighted by Gasteiger charge is 2.05. The molecule has 5 nitrogen and oxygen atoms in total. The van der Waals surface area contributed by atoms with Gasteiger partial charge in [-0.15, -0.1) is 0 Å². The van der Waals surface area contributed by atoms with Gasteiger partial charge in [0.15, 0.2) is 0 Å². The Balaban J connectivity index is 1.65. The minimum absolute atomic E-state index is 0.219. The summed E-state index contributed by atoms with van der Waals surface area (Å²) in [6.45, 7) is 0.0404. The smallest absolute Gasteiger partial charge is 0.315 e. The Morgan fingerprint density at radius 3 is 2.50 bits per heavy atom. The van der Waals surface area contributed by atoms with Gasteiger partial charge in [0.2, 0.25) is 0 Å². The van der Waals surface area contributed by atoms with Crippen LogP contribution in [-0.2, 0) is 6.54 Å². The topological polar surface area (TPSA) is 59.6 Å². The molecule has 2 rings (SSSR count). The second kappa shape index (κ2) is 10.2. The number of benzene rings is 2. The molecule has 0 aliphatic carbocycles. The first-order valence-corrected chi connectivity index (χ1v) is 7.93. The molecular formula is C18H19F3N2O3. The summed E-state index contributed by atoms with van der Waals surface area (Å²) in [6.07, 6.45) is -2.54. The highest BCUT2D eigenvalue weighted by atomic mass is 19.3. The van der Waals surface area contributed by atoms with E-state index in [1.54, 1.807) is 24.3 Å². The number of carbonyl (C=O) groups excluding carboxylic acids is 1. The maximum Gasteiger partial charge on any atom is 0.315 e. The van der Waals surface area contributed by atoms with E-state index in [4.69, 9.17) is 9.47 Å². The van der Waals surface area contributed by atoms with Crippen LogP contribution >= 0.6 is 0 Å². The summed E-state index contributed by atoms with van der Waals surface area (Å²) in [5, 5.41) is 5.25. The maximum absolute atomic E-state index is 12.7. The van der Waals surface area contributed by atoms with Crippen LogP contribution in [0.15, 0.2) is 48.5 Å². The van der Waals surface area contributed by atoms with Gasteiger partial charge in [0.25, 0.3) is 6.43 Å². The Hall–Kier alpha value is -2.90. The van der Waals surface area contributed by atoms with E-state index < -0.39 is 19.1 Å². The molecule has 0 saturated heterocycles. The predicted molar refractivity (Wildman–Crippen MR) is 90.1 cm³/mol. The molecule has 2 aromatic carbocycles. The summed E-state index contributed by atoms with van der Waals surface area (Å²) in [5.74, 6) is 0.477. The van der Waals surface area contributed by atoms with Crippen molar-refractivity contribution in [1.29, 1.82) is 0 Å². The molecule has 26 heavy (non-hydrogen) atoms. The molecule has 8 heteroatoms. The fraction of sp³-hybridized carbons (Fsp3) is 0.278. The van der Waals surface area contributed by atoms with Crippen LogP contribution in [0.3, 0.4) is 0 Å². The van der Waals surface area contributed by atoms with Crippen molar-refractivity contribution in [3.05, 3.63) is 59.9 Å². The zero-order valence-electron chi connectivity index (χ0n) is 13.9. The zero-order valence-corrected chi connectivity index (χ0v) is 13.9. The van der Waals surface area contributed by atoms with Gasteiger partial charge in [0.1, 0.15) is 30.5 Å². The number of urea groups is 1. The van der Waals surface area contributed by atoms with Gasteiger partial charge in [0.05, 0.1) is 6.54 Å². The Morgan fingerprint density at radius 1 is 1.00 bits per heavy atom. The number of halogens is 3. The van der Waals surface area contributed by atoms with E-state index >= 15 is 0 Å². The van der Waals surface area contributed by atoms with Crippen molar-refractivity contribution in [2.45, 2.75) is 13.0 Å². The standard InChI is InChI=1S/C18H19F3N2O3/c19-14-4-6-15(7-5-14)25-9-8-22-18(24)23-11-13-2-1-3-16(10-13)26-12-17(20)21/h1-7,10,17H,8-9,11-12H2,(H2,22,23,24). The van der Waals surface area contributed by atoms with E-state index in [0.29, 0.717) is 11.5 Å². The minimum Gasteiger partial charge on any atom is -0.492 e. The summed E-state index contributed by atoms with van der Waals surface area (Å²) < 4.78 is 47.3. The molecule has 0 atom stereocenters. The van der Waals surface area contributed by atoms with Crippen LogP contribution < -0.4 is 20.1 Å². The quantitative estimate of drug-likeness (QED) is 0.668. The third-order valence-electron chi connectivity index (χ3n) is 3.20. The highest BCUT2D eigenvalue weighted by Crippen LogP contribution is 2.14. The molecule has 0 saturated carbocycles. The molecule has 0 radical (unpaired) electrons. The molecule has 0 aromatic heterocycles. The van der Waals surface area contributed by atoms with Crippen LogP contribution in [0.5, 0.6) is 11.5 Å². The van der Waals surface area contributed by atoms with E-state index in [1.165, 1.54) is 24.3 Å². The van der Waals surface area contributed by atoms with Crippen molar-refractivity contribution in [3.8, 4) is 11.5 Å². The van der Waals surface area contributed by atoms with Crippen LogP contribution in [0.1, 0.15) is 5.56 Å². The summed E-state index contributed by atoms with van der Waals surface area (Å²) in [6, 6.07) is 11.7. The van der Waals surface area contributed by atoms with Crippen molar-refractivity contribution in [1.82, 2.24) is 10.6 Å². The van der Waals surface area contributed by atoms with E-state index in [9.17, 15) is 18.0 Å². The maximum atomic E-state index is 12.7. The van der Waals surface area contributed by atoms with Crippen molar-refractivity contribution in [2.24, 2.45) is 0 Å². The second-order valence-corrected chi connectivity index (χ2v) is 5.26. The molecule has 0 bridgehead atoms. The molecule has 0 spiro atoms. The number of amides is 2. The molecule has 2 amide bonds. The van der Waals surface area contributed by atoms with Crippen molar-refractivity contribution >= 4 is 6.03 Å². The van der Waals surface area contributed by atoms with Crippen molar-refractivity contribution in [3.63, 3.8) is 0 Å². The average Bonchev–Trinajstić information content (AvgIpc) is 2.64. The van der Waals surface area contributed by atoms with Crippen molar-refractivity contribution in [2.75, 3.05) is 19.8 Å². The van der Waals surface area contributed by atoms with E-state index in [1.807, 2.05) is 0 Å². The summed E-state index contributed by atoms with van der Waals surface area (Å²) >= 11 is 0. The molecule has 0 fully saturated rings. The largest absolute Gasteiger partial charge is 0.492 e. The number of nitrogens with one attached hydrogen (secondary N) is 2. The molecule has 2 N–H and O–H groups in total. The molecule has 0 unspecified atom stereocenters. The average molecular weight is 368 g/mol. The normalized spacial score (nSPS) is 10.5. The fourth-order valence-corrected chi connectivity index (χ4v) is 2.01. The van der Waals surface area contributed by atoms with E-state index in [2.05, 4.69) is 10.6 Å².